The number of nitrogens with zero attached hydrogens (tertiary/aromatic N) is 2. The van der Waals surface area contributed by atoms with Crippen LogP contribution in [0.1, 0.15) is 29.3 Å². The van der Waals surface area contributed by atoms with Crippen LogP contribution in [0.3, 0.4) is 0 Å². The summed E-state index contributed by atoms with van der Waals surface area (Å²) in [7, 11) is 0. The third-order valence-electron chi connectivity index (χ3n) is 3.65. The highest BCUT2D eigenvalue weighted by atomic mass is 19.1. The van der Waals surface area contributed by atoms with E-state index < -0.39 is 11.8 Å². The van der Waals surface area contributed by atoms with Gasteiger partial charge in [-0.3, -0.25) is 0 Å². The molecule has 2 aromatic rings. The molecule has 1 atom stereocenters. The maximum Gasteiger partial charge on any atom is 0.343 e. The third-order valence-corrected chi connectivity index (χ3v) is 3.65. The van der Waals surface area contributed by atoms with Gasteiger partial charge in [-0.25, -0.2) is 13.9 Å². The molecule has 0 fully saturated rings. The molecule has 1 aliphatic rings. The first-order chi connectivity index (χ1) is 10.5. The van der Waals surface area contributed by atoms with Gasteiger partial charge in [0, 0.05) is 18.5 Å². The smallest absolute Gasteiger partial charge is 0.343 e. The second-order valence-electron chi connectivity index (χ2n) is 5.25. The number of carboxylic acid groups (broad SMARTS) is 1. The third kappa shape index (κ3) is 2.33. The Labute approximate surface area is 125 Å². The molecule has 0 aliphatic carbocycles. The van der Waals surface area contributed by atoms with Crippen LogP contribution < -0.4 is 4.74 Å². The number of hydrogen-bond donors (Lipinski definition) is 2. The number of aromatic carboxylic acids is 1. The van der Waals surface area contributed by atoms with Gasteiger partial charge in [0.1, 0.15) is 17.1 Å². The summed E-state index contributed by atoms with van der Waals surface area (Å²) < 4.78 is 21.2. The Morgan fingerprint density at radius 2 is 2.32 bits per heavy atom. The molecule has 1 aromatic heterocycles. The molecule has 0 spiro atoms. The van der Waals surface area contributed by atoms with Crippen molar-refractivity contribution in [2.75, 3.05) is 0 Å². The van der Waals surface area contributed by atoms with Crippen LogP contribution in [0.5, 0.6) is 5.88 Å². The van der Waals surface area contributed by atoms with Gasteiger partial charge in [-0.1, -0.05) is 6.07 Å². The molecule has 0 amide bonds. The molecule has 2 N–H and O–H groups in total. The first kappa shape index (κ1) is 14.5. The molecule has 2 heterocycles. The summed E-state index contributed by atoms with van der Waals surface area (Å²) in [4.78, 5) is 11.6. The average molecular weight is 306 g/mol. The van der Waals surface area contributed by atoms with E-state index in [0.717, 1.165) is 0 Å². The molecule has 6 nitrogen and oxygen atoms in total. The zero-order valence-electron chi connectivity index (χ0n) is 11.9. The lowest BCUT2D eigenvalue weighted by Gasteiger charge is -2.21. The van der Waals surface area contributed by atoms with Gasteiger partial charge in [-0.15, -0.1) is 0 Å². The van der Waals surface area contributed by atoms with Crippen LogP contribution in [0.4, 0.5) is 4.39 Å². The van der Waals surface area contributed by atoms with Gasteiger partial charge < -0.3 is 14.9 Å². The summed E-state index contributed by atoms with van der Waals surface area (Å²) in [5.41, 5.74) is 0.389. The van der Waals surface area contributed by atoms with Gasteiger partial charge in [0.05, 0.1) is 12.7 Å². The number of aliphatic hydroxyl groups excluding tert-OH is 1. The summed E-state index contributed by atoms with van der Waals surface area (Å²) in [5, 5.41) is 22.7. The number of ether oxygens (including phenoxy) is 1. The fourth-order valence-corrected chi connectivity index (χ4v) is 2.50. The summed E-state index contributed by atoms with van der Waals surface area (Å²) >= 11 is 0. The highest BCUT2D eigenvalue weighted by Crippen LogP contribution is 2.35. The average Bonchev–Trinajstić information content (AvgIpc) is 2.85. The SMILES string of the molecule is C[C@@H]1CCn2nc(-c3ccc(CO)cc3F)c(C(=O)O)c2O1. The van der Waals surface area contributed by atoms with Gasteiger partial charge in [-0.05, 0) is 24.6 Å². The lowest BCUT2D eigenvalue weighted by Crippen LogP contribution is -2.24. The topological polar surface area (TPSA) is 84.6 Å². The van der Waals surface area contributed by atoms with Crippen molar-refractivity contribution in [2.24, 2.45) is 0 Å². The van der Waals surface area contributed by atoms with E-state index in [-0.39, 0.29) is 35.4 Å². The maximum atomic E-state index is 14.2. The van der Waals surface area contributed by atoms with Crippen molar-refractivity contribution in [3.63, 3.8) is 0 Å². The predicted molar refractivity (Wildman–Crippen MR) is 75.2 cm³/mol. The second kappa shape index (κ2) is 5.42. The van der Waals surface area contributed by atoms with Crippen molar-refractivity contribution in [3.8, 4) is 17.1 Å². The number of fused-ring (bicyclic) bond motifs is 1. The monoisotopic (exact) mass is 306 g/mol. The molecular weight excluding hydrogens is 291 g/mol. The Morgan fingerprint density at radius 3 is 2.95 bits per heavy atom. The molecule has 3 rings (SSSR count). The number of halogens is 1. The summed E-state index contributed by atoms with van der Waals surface area (Å²) in [5.74, 6) is -1.68. The van der Waals surface area contributed by atoms with E-state index in [2.05, 4.69) is 5.10 Å². The van der Waals surface area contributed by atoms with Crippen molar-refractivity contribution in [3.05, 3.63) is 35.1 Å². The molecule has 0 saturated carbocycles. The van der Waals surface area contributed by atoms with Crippen molar-refractivity contribution in [1.82, 2.24) is 9.78 Å². The van der Waals surface area contributed by atoms with E-state index in [1.54, 1.807) is 0 Å². The van der Waals surface area contributed by atoms with Gasteiger partial charge in [-0.2, -0.15) is 5.10 Å². The zero-order chi connectivity index (χ0) is 15.9. The zero-order valence-corrected chi connectivity index (χ0v) is 11.9. The maximum absolute atomic E-state index is 14.2. The standard InChI is InChI=1S/C15H15FN2O4/c1-8-4-5-18-14(22-8)12(15(20)21)13(17-18)10-3-2-9(7-19)6-11(10)16/h2-3,6,8,19H,4-5,7H2,1H3,(H,20,21)/t8-/m1/s1. The Balaban J connectivity index is 2.17. The van der Waals surface area contributed by atoms with Crippen LogP contribution in [-0.4, -0.2) is 32.1 Å². The second-order valence-corrected chi connectivity index (χ2v) is 5.25. The van der Waals surface area contributed by atoms with Crippen LogP contribution >= 0.6 is 0 Å². The van der Waals surface area contributed by atoms with Crippen molar-refractivity contribution in [1.29, 1.82) is 0 Å². The molecular formula is C15H15FN2O4. The van der Waals surface area contributed by atoms with Crippen LogP contribution in [-0.2, 0) is 13.2 Å². The van der Waals surface area contributed by atoms with E-state index in [4.69, 9.17) is 9.84 Å². The molecule has 0 bridgehead atoms. The first-order valence-corrected chi connectivity index (χ1v) is 6.91. The van der Waals surface area contributed by atoms with Gasteiger partial charge >= 0.3 is 5.97 Å². The van der Waals surface area contributed by atoms with E-state index in [1.807, 2.05) is 6.92 Å². The normalized spacial score (nSPS) is 17.0. The number of benzene rings is 1. The van der Waals surface area contributed by atoms with Crippen LogP contribution in [0, 0.1) is 5.82 Å². The number of aliphatic hydroxyl groups is 1. The lowest BCUT2D eigenvalue weighted by molar-refractivity contribution is 0.0684. The fraction of sp³-hybridized carbons (Fsp3) is 0.333. The van der Waals surface area contributed by atoms with E-state index in [9.17, 15) is 14.3 Å². The Bertz CT molecular complexity index is 741. The van der Waals surface area contributed by atoms with Gasteiger partial charge in [0.25, 0.3) is 0 Å². The number of aromatic nitrogens is 2. The summed E-state index contributed by atoms with van der Waals surface area (Å²) in [6.07, 6.45) is 0.593. The van der Waals surface area contributed by atoms with Crippen molar-refractivity contribution >= 4 is 5.97 Å². The molecule has 116 valence electrons. The number of hydrogen-bond acceptors (Lipinski definition) is 4. The molecule has 0 saturated heterocycles. The van der Waals surface area contributed by atoms with E-state index >= 15 is 0 Å². The largest absolute Gasteiger partial charge is 0.477 e. The number of carbonyl (C=O) groups is 1. The number of carboxylic acids is 1. The minimum atomic E-state index is -1.21. The first-order valence-electron chi connectivity index (χ1n) is 6.91. The minimum Gasteiger partial charge on any atom is -0.477 e. The number of aryl methyl sites for hydroxylation is 1. The highest BCUT2D eigenvalue weighted by molar-refractivity contribution is 5.97. The van der Waals surface area contributed by atoms with E-state index in [1.165, 1.54) is 22.9 Å². The molecule has 7 heteroatoms. The number of rotatable bonds is 3. The highest BCUT2D eigenvalue weighted by Gasteiger charge is 2.30. The van der Waals surface area contributed by atoms with Crippen molar-refractivity contribution < 1.29 is 24.1 Å². The molecule has 1 aliphatic heterocycles. The fourth-order valence-electron chi connectivity index (χ4n) is 2.50. The molecule has 0 unspecified atom stereocenters. The van der Waals surface area contributed by atoms with Crippen molar-refractivity contribution in [2.45, 2.75) is 32.6 Å². The quantitative estimate of drug-likeness (QED) is 0.906. The van der Waals surface area contributed by atoms with Gasteiger partial charge in [0.15, 0.2) is 0 Å². The van der Waals surface area contributed by atoms with E-state index in [0.29, 0.717) is 18.5 Å². The Kier molecular flexibility index (Phi) is 3.58. The van der Waals surface area contributed by atoms with Crippen LogP contribution in [0.2, 0.25) is 0 Å². The van der Waals surface area contributed by atoms with Crippen LogP contribution in [0.25, 0.3) is 11.3 Å². The molecule has 0 radical (unpaired) electrons. The van der Waals surface area contributed by atoms with Crippen LogP contribution in [0.15, 0.2) is 18.2 Å². The Morgan fingerprint density at radius 1 is 1.55 bits per heavy atom. The molecule has 1 aromatic carbocycles. The molecule has 22 heavy (non-hydrogen) atoms. The summed E-state index contributed by atoms with van der Waals surface area (Å²) in [6.45, 7) is 2.08. The lowest BCUT2D eigenvalue weighted by atomic mass is 10.0. The summed E-state index contributed by atoms with van der Waals surface area (Å²) in [6, 6.07) is 4.12. The Hall–Kier alpha value is -2.41. The predicted octanol–water partition coefficient (Wildman–Crippen LogP) is 2.05. The van der Waals surface area contributed by atoms with Gasteiger partial charge in [0.2, 0.25) is 5.88 Å². The minimum absolute atomic E-state index is 0.0404.